The number of carbonyl (C=O) groups is 5. The lowest BCUT2D eigenvalue weighted by molar-refractivity contribution is -0.153. The summed E-state index contributed by atoms with van der Waals surface area (Å²) in [4.78, 5) is 90.3. The van der Waals surface area contributed by atoms with Gasteiger partial charge in [-0.15, -0.1) is 34.9 Å². The molecule has 2 aliphatic rings. The standard InChI is InChI=1S/C40H42N6O13S4/c1-39(2,3)58-37(51)56-24-13-22-23(47)14-27(62-26(22)15-25(24)57-38(52)59-40(4,5)6)60-17-20-18-61-34-29(42-32(48)28(44-54-8)31-43-36(41)63-45-31)33(49)46(34)30(20)35(50)55-16-19-9-11-21(53-7)12-10-19/h9-15,29,34H,16-18H2,1-8H3,(H,42,48)(H2,41,43,45)/b44-28-/t29?,34-/m0/s1. The normalized spacial score (nSPS) is 16.4. The van der Waals surface area contributed by atoms with Gasteiger partial charge in [0.15, 0.2) is 22.1 Å². The van der Waals surface area contributed by atoms with E-state index in [1.54, 1.807) is 65.8 Å². The zero-order valence-corrected chi connectivity index (χ0v) is 38.4. The van der Waals surface area contributed by atoms with Crippen LogP contribution in [-0.2, 0) is 40.0 Å². The number of ether oxygens (including phenoxy) is 6. The minimum Gasteiger partial charge on any atom is -0.497 e. The Morgan fingerprint density at radius 3 is 2.19 bits per heavy atom. The number of anilines is 1. The van der Waals surface area contributed by atoms with Gasteiger partial charge in [-0.1, -0.05) is 17.3 Å². The minimum absolute atomic E-state index is 0.0000933. The van der Waals surface area contributed by atoms with Crippen molar-refractivity contribution in [3.63, 3.8) is 0 Å². The van der Waals surface area contributed by atoms with Crippen LogP contribution in [0.25, 0.3) is 10.1 Å². The summed E-state index contributed by atoms with van der Waals surface area (Å²) in [6.45, 7) is 9.77. The number of nitrogen functional groups attached to an aromatic ring is 1. The Labute approximate surface area is 376 Å². The fourth-order valence-electron chi connectivity index (χ4n) is 5.79. The van der Waals surface area contributed by atoms with Crippen molar-refractivity contribution in [1.29, 1.82) is 0 Å². The van der Waals surface area contributed by atoms with E-state index in [-0.39, 0.29) is 57.4 Å². The Hall–Kier alpha value is -5.91. The predicted octanol–water partition coefficient (Wildman–Crippen LogP) is 5.87. The summed E-state index contributed by atoms with van der Waals surface area (Å²) in [7, 11) is 2.77. The van der Waals surface area contributed by atoms with Crippen LogP contribution in [0.4, 0.5) is 14.7 Å². The van der Waals surface area contributed by atoms with E-state index in [1.807, 2.05) is 0 Å². The fraction of sp³-hybridized carbons (Fsp3) is 0.375. The van der Waals surface area contributed by atoms with Gasteiger partial charge in [0.05, 0.1) is 11.3 Å². The molecule has 0 spiro atoms. The van der Waals surface area contributed by atoms with Crippen molar-refractivity contribution in [3.8, 4) is 17.2 Å². The molecule has 63 heavy (non-hydrogen) atoms. The number of carbonyl (C=O) groups excluding carboxylic acids is 5. The molecular formula is C40H42N6O13S4. The molecule has 0 radical (unpaired) electrons. The van der Waals surface area contributed by atoms with Crippen molar-refractivity contribution in [1.82, 2.24) is 19.6 Å². The predicted molar refractivity (Wildman–Crippen MR) is 235 cm³/mol. The van der Waals surface area contributed by atoms with Crippen LogP contribution in [-0.4, -0.2) is 98.4 Å². The number of thioether (sulfide) groups is 2. The van der Waals surface area contributed by atoms with Gasteiger partial charge in [-0.2, -0.15) is 9.36 Å². The molecule has 334 valence electrons. The molecule has 1 saturated heterocycles. The number of oxime groups is 1. The van der Waals surface area contributed by atoms with Crippen molar-refractivity contribution >= 4 is 97.4 Å². The van der Waals surface area contributed by atoms with Gasteiger partial charge in [-0.3, -0.25) is 19.3 Å². The van der Waals surface area contributed by atoms with Gasteiger partial charge in [-0.05, 0) is 70.9 Å². The number of β-lactam (4-membered cyclic amide) rings is 1. The van der Waals surface area contributed by atoms with Gasteiger partial charge in [0.2, 0.25) is 11.5 Å². The highest BCUT2D eigenvalue weighted by Crippen LogP contribution is 2.43. The number of esters is 1. The first-order chi connectivity index (χ1) is 29.7. The maximum atomic E-state index is 14.0. The average molecular weight is 943 g/mol. The molecule has 2 atom stereocenters. The summed E-state index contributed by atoms with van der Waals surface area (Å²) >= 11 is 4.55. The lowest BCUT2D eigenvalue weighted by Crippen LogP contribution is -2.71. The number of nitrogens with one attached hydrogen (secondary N) is 1. The van der Waals surface area contributed by atoms with Crippen molar-refractivity contribution in [2.45, 2.75) is 75.0 Å². The summed E-state index contributed by atoms with van der Waals surface area (Å²) < 4.78 is 37.3. The first-order valence-electron chi connectivity index (χ1n) is 18.8. The molecule has 2 aliphatic heterocycles. The van der Waals surface area contributed by atoms with Crippen molar-refractivity contribution in [2.75, 3.05) is 31.5 Å². The van der Waals surface area contributed by atoms with Crippen LogP contribution in [0.15, 0.2) is 67.9 Å². The number of rotatable bonds is 13. The van der Waals surface area contributed by atoms with E-state index in [9.17, 15) is 28.8 Å². The van der Waals surface area contributed by atoms with E-state index in [1.165, 1.54) is 72.2 Å². The number of aromatic nitrogens is 2. The first kappa shape index (κ1) is 46.6. The molecule has 0 saturated carbocycles. The molecule has 4 heterocycles. The van der Waals surface area contributed by atoms with Gasteiger partial charge in [0, 0.05) is 45.3 Å². The van der Waals surface area contributed by atoms with Crippen LogP contribution in [0.3, 0.4) is 0 Å². The number of hydrogen-bond acceptors (Lipinski definition) is 21. The smallest absolute Gasteiger partial charge is 0.497 e. The molecule has 23 heteroatoms. The average Bonchev–Trinajstić information content (AvgIpc) is 3.64. The third-order valence-electron chi connectivity index (χ3n) is 8.43. The summed E-state index contributed by atoms with van der Waals surface area (Å²) in [6.07, 6.45) is -2.16. The fourth-order valence-corrected chi connectivity index (χ4v) is 9.94. The van der Waals surface area contributed by atoms with Crippen LogP contribution in [0.2, 0.25) is 0 Å². The highest BCUT2D eigenvalue weighted by atomic mass is 32.2. The second-order valence-electron chi connectivity index (χ2n) is 15.5. The molecule has 2 amide bonds. The molecule has 0 aliphatic carbocycles. The number of benzene rings is 2. The topological polar surface area (TPSA) is 246 Å². The zero-order chi connectivity index (χ0) is 45.8. The number of fused-ring (bicyclic) bond motifs is 2. The number of amides is 2. The number of hydrogen-bond donors (Lipinski definition) is 2. The Morgan fingerprint density at radius 2 is 1.60 bits per heavy atom. The number of nitrogens with zero attached hydrogens (tertiary/aromatic N) is 4. The quantitative estimate of drug-likeness (QED) is 0.0302. The van der Waals surface area contributed by atoms with Gasteiger partial charge >= 0.3 is 18.3 Å². The molecule has 0 bridgehead atoms. The SMILES string of the molecule is CO/N=C(\C(=O)NC1C(=O)N2C(C(=O)OCc3ccc(OC)cc3)=C(CSc3cc(=O)c4cc(OC(=O)OC(C)(C)C)c(OC(=O)OC(C)(C)C)cc4s3)CS[C@@H]12)c1nsc(N)n1. The van der Waals surface area contributed by atoms with Crippen LogP contribution in [0, 0.1) is 0 Å². The molecule has 2 aromatic carbocycles. The van der Waals surface area contributed by atoms with Gasteiger partial charge < -0.3 is 44.3 Å². The third-order valence-corrected chi connectivity index (χ3v) is 12.7. The van der Waals surface area contributed by atoms with E-state index in [4.69, 9.17) is 39.0 Å². The van der Waals surface area contributed by atoms with Crippen molar-refractivity contribution in [3.05, 3.63) is 75.3 Å². The molecule has 1 fully saturated rings. The minimum atomic E-state index is -1.09. The highest BCUT2D eigenvalue weighted by Gasteiger charge is 2.55. The lowest BCUT2D eigenvalue weighted by atomic mass is 10.0. The summed E-state index contributed by atoms with van der Waals surface area (Å²) in [5.74, 6) is -1.70. The Balaban J connectivity index is 1.28. The third kappa shape index (κ3) is 11.6. The second-order valence-corrected chi connectivity index (χ2v) is 19.7. The van der Waals surface area contributed by atoms with Gasteiger partial charge in [0.25, 0.3) is 11.8 Å². The largest absolute Gasteiger partial charge is 0.514 e. The number of nitrogens with two attached hydrogens (primary N) is 1. The summed E-state index contributed by atoms with van der Waals surface area (Å²) in [6, 6.07) is 9.89. The van der Waals surface area contributed by atoms with E-state index < -0.39 is 58.1 Å². The Bertz CT molecular complexity index is 2560. The van der Waals surface area contributed by atoms with Crippen molar-refractivity contribution in [2.24, 2.45) is 5.16 Å². The Morgan fingerprint density at radius 1 is 0.952 bits per heavy atom. The monoisotopic (exact) mass is 942 g/mol. The number of methoxy groups -OCH3 is 1. The second kappa shape index (κ2) is 19.2. The molecule has 4 aromatic rings. The van der Waals surface area contributed by atoms with E-state index in [0.717, 1.165) is 11.5 Å². The molecule has 19 nitrogen and oxygen atoms in total. The van der Waals surface area contributed by atoms with Gasteiger partial charge in [0.1, 0.15) is 47.8 Å². The maximum Gasteiger partial charge on any atom is 0.514 e. The molecule has 2 aromatic heterocycles. The van der Waals surface area contributed by atoms with Crippen molar-refractivity contribution < 1.29 is 57.2 Å². The van der Waals surface area contributed by atoms with E-state index >= 15 is 0 Å². The molecule has 1 unspecified atom stereocenters. The Kier molecular flexibility index (Phi) is 14.2. The highest BCUT2D eigenvalue weighted by molar-refractivity contribution is 8.02. The van der Waals surface area contributed by atoms with E-state index in [0.29, 0.717) is 25.8 Å². The molecule has 6 rings (SSSR count). The van der Waals surface area contributed by atoms with Crippen LogP contribution in [0.5, 0.6) is 17.2 Å². The van der Waals surface area contributed by atoms with Crippen LogP contribution in [0.1, 0.15) is 52.9 Å². The lowest BCUT2D eigenvalue weighted by Gasteiger charge is -2.49. The summed E-state index contributed by atoms with van der Waals surface area (Å²) in [5, 5.41) is 5.94. The first-order valence-corrected chi connectivity index (χ1v) is 22.4. The van der Waals surface area contributed by atoms with Gasteiger partial charge in [-0.25, -0.2) is 14.4 Å². The zero-order valence-electron chi connectivity index (χ0n) is 35.1. The molecule has 3 N–H and O–H groups in total. The van der Waals surface area contributed by atoms with Crippen LogP contribution >= 0.6 is 46.4 Å². The summed E-state index contributed by atoms with van der Waals surface area (Å²) in [5.41, 5.74) is 4.34. The van der Waals surface area contributed by atoms with Crippen LogP contribution < -0.4 is 30.7 Å². The van der Waals surface area contributed by atoms with E-state index in [2.05, 4.69) is 19.8 Å². The molecular weight excluding hydrogens is 901 g/mol. The maximum absolute atomic E-state index is 14.0.